The molecular weight excluding hydrogens is 304 g/mol. The van der Waals surface area contributed by atoms with Crippen LogP contribution in [-0.4, -0.2) is 50.2 Å². The van der Waals surface area contributed by atoms with Gasteiger partial charge in [-0.2, -0.15) is 5.10 Å². The molecule has 2 fully saturated rings. The Balaban J connectivity index is 1.40. The molecule has 24 heavy (non-hydrogen) atoms. The van der Waals surface area contributed by atoms with Crippen molar-refractivity contribution < 1.29 is 4.79 Å². The van der Waals surface area contributed by atoms with Crippen LogP contribution in [0.2, 0.25) is 0 Å². The number of hydrogen-bond donors (Lipinski definition) is 0. The first-order valence-corrected chi connectivity index (χ1v) is 8.54. The van der Waals surface area contributed by atoms with Gasteiger partial charge in [0, 0.05) is 45.0 Å². The molecule has 4 heterocycles. The lowest BCUT2D eigenvalue weighted by molar-refractivity contribution is -0.117. The van der Waals surface area contributed by atoms with Gasteiger partial charge in [0.15, 0.2) is 0 Å². The van der Waals surface area contributed by atoms with E-state index in [1.165, 1.54) is 0 Å². The van der Waals surface area contributed by atoms with Gasteiger partial charge < -0.3 is 4.90 Å². The summed E-state index contributed by atoms with van der Waals surface area (Å²) in [6.45, 7) is 5.57. The molecule has 2 aromatic rings. The van der Waals surface area contributed by atoms with Crippen LogP contribution in [0.3, 0.4) is 0 Å². The Morgan fingerprint density at radius 3 is 3.04 bits per heavy atom. The molecule has 2 aliphatic rings. The van der Waals surface area contributed by atoms with Gasteiger partial charge in [0.05, 0.1) is 23.6 Å². The topological polar surface area (TPSA) is 67.2 Å². The molecule has 1 unspecified atom stereocenters. The third-order valence-electron chi connectivity index (χ3n) is 4.81. The summed E-state index contributed by atoms with van der Waals surface area (Å²) < 4.78 is 2.02. The zero-order chi connectivity index (χ0) is 16.5. The van der Waals surface area contributed by atoms with Crippen LogP contribution >= 0.6 is 0 Å². The molecule has 7 heteroatoms. The summed E-state index contributed by atoms with van der Waals surface area (Å²) in [4.78, 5) is 24.7. The molecule has 2 saturated heterocycles. The molecule has 0 aliphatic carbocycles. The minimum absolute atomic E-state index is 0.210. The van der Waals surface area contributed by atoms with E-state index in [2.05, 4.69) is 20.0 Å². The third kappa shape index (κ3) is 3.03. The average Bonchev–Trinajstić information content (AvgIpc) is 3.27. The summed E-state index contributed by atoms with van der Waals surface area (Å²) >= 11 is 0. The smallest absolute Gasteiger partial charge is 0.227 e. The molecule has 0 radical (unpaired) electrons. The highest BCUT2D eigenvalue weighted by Gasteiger charge is 2.27. The number of aromatic nitrogens is 4. The number of amides is 1. The molecule has 126 valence electrons. The Morgan fingerprint density at radius 1 is 1.33 bits per heavy atom. The molecule has 4 rings (SSSR count). The van der Waals surface area contributed by atoms with Crippen molar-refractivity contribution in [3.8, 4) is 0 Å². The molecule has 0 bridgehead atoms. The normalized spacial score (nSPS) is 21.8. The van der Waals surface area contributed by atoms with Crippen LogP contribution in [0, 0.1) is 6.92 Å². The summed E-state index contributed by atoms with van der Waals surface area (Å²) in [7, 11) is 0. The molecule has 7 nitrogen and oxygen atoms in total. The second-order valence-corrected chi connectivity index (χ2v) is 6.60. The van der Waals surface area contributed by atoms with Crippen LogP contribution in [0.5, 0.6) is 0 Å². The zero-order valence-electron chi connectivity index (χ0n) is 13.9. The highest BCUT2D eigenvalue weighted by Crippen LogP contribution is 2.26. The van der Waals surface area contributed by atoms with Crippen molar-refractivity contribution in [1.82, 2.24) is 24.6 Å². The fraction of sp³-hybridized carbons (Fsp3) is 0.529. The lowest BCUT2D eigenvalue weighted by Gasteiger charge is -2.16. The van der Waals surface area contributed by atoms with Crippen LogP contribution in [0.25, 0.3) is 0 Å². The molecule has 2 aromatic heterocycles. The lowest BCUT2D eigenvalue weighted by atomic mass is 10.3. The molecule has 0 spiro atoms. The SMILES string of the molecule is Cc1nccc(CN2CCC(n3cc(N4CCCC4=O)cn3)C2)n1. The first-order chi connectivity index (χ1) is 11.7. The number of carbonyl (C=O) groups excluding carboxylic acids is 1. The van der Waals surface area contributed by atoms with Crippen LogP contribution in [0.15, 0.2) is 24.7 Å². The highest BCUT2D eigenvalue weighted by atomic mass is 16.2. The number of likely N-dealkylation sites (tertiary alicyclic amines) is 1. The van der Waals surface area contributed by atoms with Crippen LogP contribution in [0.4, 0.5) is 5.69 Å². The first kappa shape index (κ1) is 15.3. The largest absolute Gasteiger partial charge is 0.309 e. The van der Waals surface area contributed by atoms with Crippen molar-refractivity contribution in [3.05, 3.63) is 36.2 Å². The van der Waals surface area contributed by atoms with Crippen molar-refractivity contribution in [3.63, 3.8) is 0 Å². The second-order valence-electron chi connectivity index (χ2n) is 6.60. The number of anilines is 1. The zero-order valence-corrected chi connectivity index (χ0v) is 13.9. The lowest BCUT2D eigenvalue weighted by Crippen LogP contribution is -2.23. The van der Waals surface area contributed by atoms with Gasteiger partial charge in [-0.25, -0.2) is 9.97 Å². The minimum Gasteiger partial charge on any atom is -0.309 e. The molecule has 2 aliphatic heterocycles. The van der Waals surface area contributed by atoms with E-state index in [1.807, 2.05) is 41.2 Å². The quantitative estimate of drug-likeness (QED) is 0.853. The van der Waals surface area contributed by atoms with Gasteiger partial charge in [-0.05, 0) is 25.8 Å². The van der Waals surface area contributed by atoms with E-state index in [4.69, 9.17) is 0 Å². The van der Waals surface area contributed by atoms with Crippen molar-refractivity contribution in [2.45, 2.75) is 38.8 Å². The predicted octanol–water partition coefficient (Wildman–Crippen LogP) is 1.56. The van der Waals surface area contributed by atoms with Crippen molar-refractivity contribution in [2.75, 3.05) is 24.5 Å². The standard InChI is InChI=1S/C17H22N6O/c1-13-18-6-4-14(20-13)10-21-8-5-15(11-21)23-12-16(9-19-23)22-7-2-3-17(22)24/h4,6,9,12,15H,2-3,5,7-8,10-11H2,1H3. The third-order valence-corrected chi connectivity index (χ3v) is 4.81. The molecule has 0 aromatic carbocycles. The van der Waals surface area contributed by atoms with E-state index < -0.39 is 0 Å². The van der Waals surface area contributed by atoms with E-state index in [-0.39, 0.29) is 5.91 Å². The van der Waals surface area contributed by atoms with E-state index in [0.717, 1.165) is 56.2 Å². The Bertz CT molecular complexity index is 742. The number of aryl methyl sites for hydroxylation is 1. The summed E-state index contributed by atoms with van der Waals surface area (Å²) in [5.74, 6) is 1.02. The van der Waals surface area contributed by atoms with Gasteiger partial charge in [-0.3, -0.25) is 14.4 Å². The summed E-state index contributed by atoms with van der Waals surface area (Å²) in [5, 5.41) is 4.50. The van der Waals surface area contributed by atoms with Crippen molar-refractivity contribution in [2.24, 2.45) is 0 Å². The highest BCUT2D eigenvalue weighted by molar-refractivity contribution is 5.95. The van der Waals surface area contributed by atoms with Gasteiger partial charge >= 0.3 is 0 Å². The fourth-order valence-corrected chi connectivity index (χ4v) is 3.58. The van der Waals surface area contributed by atoms with Crippen LogP contribution < -0.4 is 4.90 Å². The molecule has 1 atom stereocenters. The molecule has 0 N–H and O–H groups in total. The first-order valence-electron chi connectivity index (χ1n) is 8.54. The Kier molecular flexibility index (Phi) is 4.02. The van der Waals surface area contributed by atoms with Crippen molar-refractivity contribution >= 4 is 11.6 Å². The molecule has 0 saturated carbocycles. The average molecular weight is 326 g/mol. The van der Waals surface area contributed by atoms with E-state index in [0.29, 0.717) is 12.5 Å². The summed E-state index contributed by atoms with van der Waals surface area (Å²) in [6.07, 6.45) is 8.32. The summed E-state index contributed by atoms with van der Waals surface area (Å²) in [6, 6.07) is 2.34. The Morgan fingerprint density at radius 2 is 2.25 bits per heavy atom. The number of carbonyl (C=O) groups is 1. The van der Waals surface area contributed by atoms with E-state index in [1.54, 1.807) is 0 Å². The predicted molar refractivity (Wildman–Crippen MR) is 89.5 cm³/mol. The Hall–Kier alpha value is -2.28. The van der Waals surface area contributed by atoms with Gasteiger partial charge in [0.2, 0.25) is 5.91 Å². The maximum Gasteiger partial charge on any atom is 0.227 e. The molecule has 1 amide bonds. The maximum atomic E-state index is 11.9. The van der Waals surface area contributed by atoms with Gasteiger partial charge in [0.25, 0.3) is 0 Å². The van der Waals surface area contributed by atoms with Crippen LogP contribution in [-0.2, 0) is 11.3 Å². The second kappa shape index (κ2) is 6.32. The van der Waals surface area contributed by atoms with E-state index in [9.17, 15) is 4.79 Å². The van der Waals surface area contributed by atoms with E-state index >= 15 is 0 Å². The minimum atomic E-state index is 0.210. The monoisotopic (exact) mass is 326 g/mol. The van der Waals surface area contributed by atoms with Crippen molar-refractivity contribution in [1.29, 1.82) is 0 Å². The Labute approximate surface area is 141 Å². The number of nitrogens with zero attached hydrogens (tertiary/aromatic N) is 6. The fourth-order valence-electron chi connectivity index (χ4n) is 3.58. The number of hydrogen-bond acceptors (Lipinski definition) is 5. The van der Waals surface area contributed by atoms with Gasteiger partial charge in [-0.1, -0.05) is 0 Å². The molecular formula is C17H22N6O. The van der Waals surface area contributed by atoms with Crippen LogP contribution in [0.1, 0.15) is 36.8 Å². The van der Waals surface area contributed by atoms with Gasteiger partial charge in [-0.15, -0.1) is 0 Å². The van der Waals surface area contributed by atoms with Gasteiger partial charge in [0.1, 0.15) is 5.82 Å². The number of rotatable bonds is 4. The maximum absolute atomic E-state index is 11.9. The summed E-state index contributed by atoms with van der Waals surface area (Å²) in [5.41, 5.74) is 1.99.